The smallest absolute Gasteiger partial charge is 0.0991 e. The molecule has 19 heavy (non-hydrogen) atoms. The molecule has 0 saturated carbocycles. The molecule has 0 aromatic heterocycles. The maximum atomic E-state index is 8.69. The Labute approximate surface area is 113 Å². The third kappa shape index (κ3) is 4.42. The normalized spacial score (nSPS) is 10.5. The van der Waals surface area contributed by atoms with E-state index < -0.39 is 0 Å². The van der Waals surface area contributed by atoms with Crippen molar-refractivity contribution in [1.29, 1.82) is 5.26 Å². The molecular formula is C17H15NO. The van der Waals surface area contributed by atoms with Gasteiger partial charge < -0.3 is 4.74 Å². The Hall–Kier alpha value is -2.37. The average Bonchev–Trinajstić information content (AvgIpc) is 2.49. The van der Waals surface area contributed by atoms with Crippen molar-refractivity contribution in [2.45, 2.75) is 6.61 Å². The molecule has 2 nitrogen and oxygen atoms in total. The molecule has 0 bridgehead atoms. The summed E-state index contributed by atoms with van der Waals surface area (Å²) in [6.07, 6.45) is 4.04. The van der Waals surface area contributed by atoms with Crippen molar-refractivity contribution in [3.05, 3.63) is 77.4 Å². The summed E-state index contributed by atoms with van der Waals surface area (Å²) < 4.78 is 5.55. The Morgan fingerprint density at radius 3 is 2.42 bits per heavy atom. The fourth-order valence-electron chi connectivity index (χ4n) is 1.67. The van der Waals surface area contributed by atoms with E-state index >= 15 is 0 Å². The second kappa shape index (κ2) is 7.15. The van der Waals surface area contributed by atoms with Crippen molar-refractivity contribution in [1.82, 2.24) is 0 Å². The Morgan fingerprint density at radius 2 is 1.74 bits per heavy atom. The lowest BCUT2D eigenvalue weighted by Crippen LogP contribution is -1.92. The lowest BCUT2D eigenvalue weighted by atomic mass is 10.2. The van der Waals surface area contributed by atoms with Crippen molar-refractivity contribution >= 4 is 6.08 Å². The molecule has 0 amide bonds. The van der Waals surface area contributed by atoms with Gasteiger partial charge in [-0.1, -0.05) is 54.6 Å². The second-order valence-corrected chi connectivity index (χ2v) is 4.14. The summed E-state index contributed by atoms with van der Waals surface area (Å²) in [7, 11) is 0. The van der Waals surface area contributed by atoms with E-state index in [9.17, 15) is 0 Å². The predicted octanol–water partition coefficient (Wildman–Crippen LogP) is 3.79. The Balaban J connectivity index is 1.75. The summed E-state index contributed by atoms with van der Waals surface area (Å²) in [5, 5.41) is 8.69. The van der Waals surface area contributed by atoms with Crippen molar-refractivity contribution in [3.63, 3.8) is 0 Å². The fraction of sp³-hybridized carbons (Fsp3) is 0.118. The number of nitrogens with zero attached hydrogens (tertiary/aromatic N) is 1. The number of benzene rings is 2. The first-order valence-corrected chi connectivity index (χ1v) is 6.17. The Kier molecular flexibility index (Phi) is 4.92. The molecule has 0 N–H and O–H groups in total. The van der Waals surface area contributed by atoms with Crippen molar-refractivity contribution < 1.29 is 4.74 Å². The summed E-state index contributed by atoms with van der Waals surface area (Å²) in [5.41, 5.74) is 2.92. The van der Waals surface area contributed by atoms with E-state index in [1.165, 1.54) is 5.56 Å². The zero-order valence-electron chi connectivity index (χ0n) is 10.6. The maximum absolute atomic E-state index is 8.69. The predicted molar refractivity (Wildman–Crippen MR) is 76.3 cm³/mol. The fourth-order valence-corrected chi connectivity index (χ4v) is 1.67. The number of hydrogen-bond acceptors (Lipinski definition) is 2. The first kappa shape index (κ1) is 13.1. The molecule has 0 aliphatic carbocycles. The van der Waals surface area contributed by atoms with Crippen LogP contribution < -0.4 is 0 Å². The minimum absolute atomic E-state index is 0.560. The molecule has 0 atom stereocenters. The van der Waals surface area contributed by atoms with Crippen LogP contribution in [0.1, 0.15) is 16.7 Å². The van der Waals surface area contributed by atoms with Crippen LogP contribution in [0, 0.1) is 11.3 Å². The molecule has 0 heterocycles. The van der Waals surface area contributed by atoms with Crippen LogP contribution in [0.25, 0.3) is 6.08 Å². The number of ether oxygens (including phenoxy) is 1. The van der Waals surface area contributed by atoms with Crippen LogP contribution in [0.3, 0.4) is 0 Å². The largest absolute Gasteiger partial charge is 0.373 e. The summed E-state index contributed by atoms with van der Waals surface area (Å²) in [6, 6.07) is 19.7. The van der Waals surface area contributed by atoms with Crippen LogP contribution in [0.2, 0.25) is 0 Å². The van der Waals surface area contributed by atoms with Gasteiger partial charge in [-0.3, -0.25) is 0 Å². The summed E-state index contributed by atoms with van der Waals surface area (Å²) >= 11 is 0. The third-order valence-corrected chi connectivity index (χ3v) is 2.68. The van der Waals surface area contributed by atoms with Crippen LogP contribution >= 0.6 is 0 Å². The molecule has 0 saturated heterocycles. The van der Waals surface area contributed by atoms with Crippen LogP contribution in [0.4, 0.5) is 0 Å². The van der Waals surface area contributed by atoms with Crippen molar-refractivity contribution in [2.75, 3.05) is 6.61 Å². The number of nitriles is 1. The monoisotopic (exact) mass is 249 g/mol. The van der Waals surface area contributed by atoms with Crippen LogP contribution in [0.5, 0.6) is 0 Å². The summed E-state index contributed by atoms with van der Waals surface area (Å²) in [4.78, 5) is 0. The van der Waals surface area contributed by atoms with Gasteiger partial charge in [-0.25, -0.2) is 0 Å². The van der Waals surface area contributed by atoms with Gasteiger partial charge in [-0.05, 0) is 23.3 Å². The van der Waals surface area contributed by atoms with E-state index in [-0.39, 0.29) is 0 Å². The second-order valence-electron chi connectivity index (χ2n) is 4.14. The van der Waals surface area contributed by atoms with E-state index in [1.807, 2.05) is 42.5 Å². The molecule has 2 aromatic rings. The van der Waals surface area contributed by atoms with Gasteiger partial charge in [0.2, 0.25) is 0 Å². The van der Waals surface area contributed by atoms with E-state index in [0.717, 1.165) is 5.56 Å². The topological polar surface area (TPSA) is 33.0 Å². The highest BCUT2D eigenvalue weighted by atomic mass is 16.5. The summed E-state index contributed by atoms with van der Waals surface area (Å²) in [5.74, 6) is 0. The molecule has 0 fully saturated rings. The first-order chi connectivity index (χ1) is 9.38. The lowest BCUT2D eigenvalue weighted by molar-refractivity contribution is 0.149. The zero-order chi connectivity index (χ0) is 13.3. The van der Waals surface area contributed by atoms with Gasteiger partial charge >= 0.3 is 0 Å². The quantitative estimate of drug-likeness (QED) is 0.755. The van der Waals surface area contributed by atoms with E-state index in [4.69, 9.17) is 10.00 Å². The maximum Gasteiger partial charge on any atom is 0.0991 e. The average molecular weight is 249 g/mol. The third-order valence-electron chi connectivity index (χ3n) is 2.68. The van der Waals surface area contributed by atoms with Crippen LogP contribution in [-0.2, 0) is 11.3 Å². The molecule has 2 rings (SSSR count). The van der Waals surface area contributed by atoms with Gasteiger partial charge in [-0.2, -0.15) is 5.26 Å². The van der Waals surface area contributed by atoms with Gasteiger partial charge in [0.15, 0.2) is 0 Å². The number of rotatable bonds is 5. The van der Waals surface area contributed by atoms with Gasteiger partial charge in [0.05, 0.1) is 24.8 Å². The lowest BCUT2D eigenvalue weighted by Gasteiger charge is -2.01. The minimum Gasteiger partial charge on any atom is -0.373 e. The van der Waals surface area contributed by atoms with Gasteiger partial charge in [0.25, 0.3) is 0 Å². The minimum atomic E-state index is 0.560. The SMILES string of the molecule is N#Cc1ccc(COC/C=C/c2ccccc2)cc1. The first-order valence-electron chi connectivity index (χ1n) is 6.17. The highest BCUT2D eigenvalue weighted by Gasteiger charge is 1.93. The molecule has 0 aliphatic rings. The Morgan fingerprint density at radius 1 is 1.00 bits per heavy atom. The molecule has 0 aliphatic heterocycles. The Bertz CT molecular complexity index is 564. The van der Waals surface area contributed by atoms with Gasteiger partial charge in [0, 0.05) is 0 Å². The van der Waals surface area contributed by atoms with E-state index in [1.54, 1.807) is 12.1 Å². The zero-order valence-corrected chi connectivity index (χ0v) is 10.6. The molecule has 94 valence electrons. The van der Waals surface area contributed by atoms with Gasteiger partial charge in [-0.15, -0.1) is 0 Å². The van der Waals surface area contributed by atoms with E-state index in [2.05, 4.69) is 18.2 Å². The van der Waals surface area contributed by atoms with Crippen molar-refractivity contribution in [3.8, 4) is 6.07 Å². The molecule has 0 unspecified atom stereocenters. The van der Waals surface area contributed by atoms with E-state index in [0.29, 0.717) is 18.8 Å². The molecule has 2 heteroatoms. The van der Waals surface area contributed by atoms with Gasteiger partial charge in [0.1, 0.15) is 0 Å². The highest BCUT2D eigenvalue weighted by molar-refractivity contribution is 5.48. The molecule has 2 aromatic carbocycles. The summed E-state index contributed by atoms with van der Waals surface area (Å²) in [6.45, 7) is 1.14. The van der Waals surface area contributed by atoms with Crippen molar-refractivity contribution in [2.24, 2.45) is 0 Å². The highest BCUT2D eigenvalue weighted by Crippen LogP contribution is 2.05. The molecular weight excluding hydrogens is 234 g/mol. The molecule has 0 spiro atoms. The van der Waals surface area contributed by atoms with Crippen LogP contribution in [-0.4, -0.2) is 6.61 Å². The van der Waals surface area contributed by atoms with Crippen LogP contribution in [0.15, 0.2) is 60.7 Å². The molecule has 0 radical (unpaired) electrons. The number of hydrogen-bond donors (Lipinski definition) is 0. The standard InChI is InChI=1S/C17H15NO/c18-13-16-8-10-17(11-9-16)14-19-12-4-7-15-5-2-1-3-6-15/h1-11H,12,14H2/b7-4+.